The molecule has 2 heterocycles. The molecule has 1 saturated heterocycles. The van der Waals surface area contributed by atoms with Gasteiger partial charge in [0.15, 0.2) is 0 Å². The number of halogens is 1. The normalized spacial score (nSPS) is 20.2. The molecule has 3 aromatic rings. The predicted molar refractivity (Wildman–Crippen MR) is 151 cm³/mol. The minimum absolute atomic E-state index is 0.0706. The Bertz CT molecular complexity index is 1530. The minimum atomic E-state index is -0.999. The van der Waals surface area contributed by atoms with Crippen LogP contribution in [0.15, 0.2) is 72.8 Å². The summed E-state index contributed by atoms with van der Waals surface area (Å²) in [6.45, 7) is 11.8. The molecule has 1 N–H and O–H groups in total. The summed E-state index contributed by atoms with van der Waals surface area (Å²) < 4.78 is 14.4. The van der Waals surface area contributed by atoms with Crippen LogP contribution in [0.4, 0.5) is 10.1 Å². The van der Waals surface area contributed by atoms with Crippen LogP contribution in [0.1, 0.15) is 42.6 Å². The van der Waals surface area contributed by atoms with Crippen LogP contribution in [0.5, 0.6) is 0 Å². The zero-order valence-electron chi connectivity index (χ0n) is 22.7. The van der Waals surface area contributed by atoms with Crippen LogP contribution >= 0.6 is 0 Å². The Balaban J connectivity index is 1.45. The molecular weight excluding hydrogens is 507 g/mol. The molecule has 3 atom stereocenters. The van der Waals surface area contributed by atoms with Gasteiger partial charge >= 0.3 is 6.17 Å². The van der Waals surface area contributed by atoms with Crippen molar-refractivity contribution in [1.29, 1.82) is 0 Å². The average Bonchev–Trinajstić information content (AvgIpc) is 3.48. The zero-order chi connectivity index (χ0) is 28.6. The first-order valence-electron chi connectivity index (χ1n) is 13.4. The predicted octanol–water partition coefficient (Wildman–Crippen LogP) is 5.35. The summed E-state index contributed by atoms with van der Waals surface area (Å²) in [5.41, 5.74) is 1.76. The summed E-state index contributed by atoms with van der Waals surface area (Å²) in [7, 11) is 1.58. The number of likely N-dealkylation sites (tertiary alicyclic amines) is 1. The SMILES string of the molecule is [C-]#[N+][C@@H]1C[C@@]2(CN1C(=O)[C@H](CC(C)C)N(C)C(=O)c1cccc(-c3ccccc3F)c1)C(=O)Nc1ccccc12. The molecule has 2 aliphatic heterocycles. The van der Waals surface area contributed by atoms with Gasteiger partial charge in [0.05, 0.1) is 6.42 Å². The van der Waals surface area contributed by atoms with Gasteiger partial charge in [-0.2, -0.15) is 0 Å². The highest BCUT2D eigenvalue weighted by molar-refractivity contribution is 6.07. The molecule has 2 aliphatic rings. The molecule has 0 saturated carbocycles. The van der Waals surface area contributed by atoms with Crippen LogP contribution in [0.3, 0.4) is 0 Å². The monoisotopic (exact) mass is 538 g/mol. The summed E-state index contributed by atoms with van der Waals surface area (Å²) in [6, 6.07) is 19.6. The van der Waals surface area contributed by atoms with Gasteiger partial charge in [-0.25, -0.2) is 11.0 Å². The van der Waals surface area contributed by atoms with Gasteiger partial charge in [-0.15, -0.1) is 0 Å². The Morgan fingerprint density at radius 1 is 1.12 bits per heavy atom. The van der Waals surface area contributed by atoms with Crippen LogP contribution in [0.2, 0.25) is 0 Å². The Labute approximate surface area is 233 Å². The molecule has 8 heteroatoms. The summed E-state index contributed by atoms with van der Waals surface area (Å²) in [5.74, 6) is -1.27. The van der Waals surface area contributed by atoms with E-state index in [1.54, 1.807) is 49.5 Å². The number of fused-ring (bicyclic) bond motifs is 2. The van der Waals surface area contributed by atoms with E-state index in [9.17, 15) is 18.8 Å². The van der Waals surface area contributed by atoms with Gasteiger partial charge in [0.2, 0.25) is 5.91 Å². The van der Waals surface area contributed by atoms with Crippen molar-refractivity contribution in [3.05, 3.63) is 101 Å². The number of carbonyl (C=O) groups excluding carboxylic acids is 3. The molecule has 1 spiro atoms. The molecule has 0 aliphatic carbocycles. The number of likely N-dealkylation sites (N-methyl/N-ethyl adjacent to an activating group) is 1. The molecule has 40 heavy (non-hydrogen) atoms. The number of anilines is 1. The Morgan fingerprint density at radius 2 is 1.85 bits per heavy atom. The first-order valence-corrected chi connectivity index (χ1v) is 13.4. The molecule has 0 radical (unpaired) electrons. The van der Waals surface area contributed by atoms with Crippen molar-refractivity contribution in [3.8, 4) is 11.1 Å². The molecule has 0 aromatic heterocycles. The topological polar surface area (TPSA) is 74.1 Å². The van der Waals surface area contributed by atoms with Crippen molar-refractivity contribution in [1.82, 2.24) is 9.80 Å². The molecule has 0 unspecified atom stereocenters. The molecule has 204 valence electrons. The highest BCUT2D eigenvalue weighted by Gasteiger charge is 2.59. The van der Waals surface area contributed by atoms with Crippen molar-refractivity contribution in [3.63, 3.8) is 0 Å². The van der Waals surface area contributed by atoms with E-state index in [1.807, 2.05) is 38.1 Å². The smallest absolute Gasteiger partial charge is 0.302 e. The van der Waals surface area contributed by atoms with Crippen molar-refractivity contribution in [2.45, 2.75) is 44.3 Å². The lowest BCUT2D eigenvalue weighted by Crippen LogP contribution is -2.51. The third kappa shape index (κ3) is 4.62. The van der Waals surface area contributed by atoms with Gasteiger partial charge < -0.3 is 10.2 Å². The number of nitrogens with zero attached hydrogens (tertiary/aromatic N) is 3. The van der Waals surface area contributed by atoms with E-state index in [1.165, 1.54) is 15.9 Å². The van der Waals surface area contributed by atoms with E-state index in [-0.39, 0.29) is 42.4 Å². The van der Waals surface area contributed by atoms with E-state index in [4.69, 9.17) is 6.57 Å². The number of amides is 3. The highest BCUT2D eigenvalue weighted by Crippen LogP contribution is 2.47. The van der Waals surface area contributed by atoms with Gasteiger partial charge in [0, 0.05) is 30.4 Å². The molecule has 1 fully saturated rings. The Kier molecular flexibility index (Phi) is 7.16. The number of hydrogen-bond donors (Lipinski definition) is 1. The van der Waals surface area contributed by atoms with Gasteiger partial charge in [0.1, 0.15) is 17.3 Å². The maximum absolute atomic E-state index is 14.4. The molecular formula is C32H31FN4O3. The maximum Gasteiger partial charge on any atom is 0.302 e. The maximum atomic E-state index is 14.4. The van der Waals surface area contributed by atoms with Crippen LogP contribution < -0.4 is 5.32 Å². The summed E-state index contributed by atoms with van der Waals surface area (Å²) in [6.07, 6.45) is -0.251. The fraction of sp³-hybridized carbons (Fsp3) is 0.312. The summed E-state index contributed by atoms with van der Waals surface area (Å²) >= 11 is 0. The second kappa shape index (κ2) is 10.6. The standard InChI is InChI=1S/C32H31FN4O3/c1-20(2)16-27(36(4)29(38)22-11-9-10-21(17-22)23-12-5-7-14-25(23)33)30(39)37-19-32(18-28(37)34-3)24-13-6-8-15-26(24)35-31(32)40/h5-15,17,20,27-28H,16,18-19H2,1-2,4H3,(H,35,40)/t27-,28-,32-/m0/s1. The zero-order valence-corrected chi connectivity index (χ0v) is 22.7. The van der Waals surface area contributed by atoms with Gasteiger partial charge in [0.25, 0.3) is 11.8 Å². The third-order valence-corrected chi connectivity index (χ3v) is 7.95. The van der Waals surface area contributed by atoms with Gasteiger partial charge in [-0.1, -0.05) is 62.4 Å². The second-order valence-corrected chi connectivity index (χ2v) is 11.0. The molecule has 3 aromatic carbocycles. The quantitative estimate of drug-likeness (QED) is 0.430. The van der Waals surface area contributed by atoms with Crippen molar-refractivity contribution < 1.29 is 18.8 Å². The molecule has 3 amide bonds. The Morgan fingerprint density at radius 3 is 2.58 bits per heavy atom. The van der Waals surface area contributed by atoms with Gasteiger partial charge in [-0.05, 0) is 47.7 Å². The lowest BCUT2D eigenvalue weighted by atomic mass is 9.80. The molecule has 0 bridgehead atoms. The van der Waals surface area contributed by atoms with Crippen molar-refractivity contribution in [2.75, 3.05) is 18.9 Å². The first kappa shape index (κ1) is 27.1. The van der Waals surface area contributed by atoms with E-state index >= 15 is 0 Å². The van der Waals surface area contributed by atoms with E-state index in [0.29, 0.717) is 28.8 Å². The first-order chi connectivity index (χ1) is 19.2. The number of nitrogens with one attached hydrogen (secondary N) is 1. The number of carbonyl (C=O) groups is 3. The molecule has 5 rings (SSSR count). The van der Waals surface area contributed by atoms with E-state index in [2.05, 4.69) is 10.2 Å². The fourth-order valence-electron chi connectivity index (χ4n) is 5.88. The van der Waals surface area contributed by atoms with E-state index in [0.717, 1.165) is 5.56 Å². The highest BCUT2D eigenvalue weighted by atomic mass is 19.1. The number of benzene rings is 3. The number of para-hydroxylation sites is 1. The van der Waals surface area contributed by atoms with E-state index < -0.39 is 17.6 Å². The largest absolute Gasteiger partial charge is 0.330 e. The van der Waals surface area contributed by atoms with Crippen LogP contribution in [-0.4, -0.2) is 53.3 Å². The van der Waals surface area contributed by atoms with Crippen molar-refractivity contribution >= 4 is 23.4 Å². The van der Waals surface area contributed by atoms with Crippen molar-refractivity contribution in [2.24, 2.45) is 5.92 Å². The number of rotatable bonds is 6. The Hall–Kier alpha value is -4.51. The third-order valence-electron chi connectivity index (χ3n) is 7.95. The van der Waals surface area contributed by atoms with Gasteiger partial charge in [-0.3, -0.25) is 24.1 Å². The lowest BCUT2D eigenvalue weighted by molar-refractivity contribution is -0.136. The summed E-state index contributed by atoms with van der Waals surface area (Å²) in [4.78, 5) is 47.6. The fourth-order valence-corrected chi connectivity index (χ4v) is 5.88. The average molecular weight is 539 g/mol. The molecule has 7 nitrogen and oxygen atoms in total. The second-order valence-electron chi connectivity index (χ2n) is 11.0. The summed E-state index contributed by atoms with van der Waals surface area (Å²) in [5, 5.41) is 2.91. The van der Waals surface area contributed by atoms with Crippen LogP contribution in [0, 0.1) is 18.3 Å². The van der Waals surface area contributed by atoms with Crippen LogP contribution in [0.25, 0.3) is 16.0 Å². The number of hydrogen-bond acceptors (Lipinski definition) is 3. The lowest BCUT2D eigenvalue weighted by Gasteiger charge is -2.32. The minimum Gasteiger partial charge on any atom is -0.330 e. The van der Waals surface area contributed by atoms with Crippen LogP contribution in [-0.2, 0) is 15.0 Å².